The summed E-state index contributed by atoms with van der Waals surface area (Å²) in [6.07, 6.45) is 2.14. The molecular weight excluding hydrogens is 365 g/mol. The Labute approximate surface area is 161 Å². The van der Waals surface area contributed by atoms with E-state index in [-0.39, 0.29) is 29.5 Å². The maximum atomic E-state index is 13.1. The Kier molecular flexibility index (Phi) is 4.62. The number of fused-ring (bicyclic) bond motifs is 1. The van der Waals surface area contributed by atoms with Gasteiger partial charge in [0.1, 0.15) is 11.5 Å². The molecule has 0 bridgehead atoms. The first-order chi connectivity index (χ1) is 13.5. The molecule has 2 aliphatic heterocycles. The van der Waals surface area contributed by atoms with Crippen LogP contribution in [0.5, 0.6) is 11.6 Å². The average molecular weight is 385 g/mol. The monoisotopic (exact) mass is 385 g/mol. The van der Waals surface area contributed by atoms with Gasteiger partial charge in [0.25, 0.3) is 17.7 Å². The molecule has 0 saturated carbocycles. The van der Waals surface area contributed by atoms with Crippen molar-refractivity contribution in [3.63, 3.8) is 0 Å². The molecule has 28 heavy (non-hydrogen) atoms. The highest BCUT2D eigenvalue weighted by Gasteiger charge is 2.35. The van der Waals surface area contributed by atoms with Gasteiger partial charge in [0.2, 0.25) is 0 Å². The van der Waals surface area contributed by atoms with Crippen LogP contribution < -0.4 is 0 Å². The van der Waals surface area contributed by atoms with Crippen LogP contribution >= 0.6 is 0 Å². The lowest BCUT2D eigenvalue weighted by Crippen LogP contribution is -2.39. The third-order valence-corrected chi connectivity index (χ3v) is 5.27. The van der Waals surface area contributed by atoms with Gasteiger partial charge in [-0.2, -0.15) is 0 Å². The molecule has 1 aromatic heterocycles. The molecule has 0 aliphatic carbocycles. The summed E-state index contributed by atoms with van der Waals surface area (Å²) in [5.74, 6) is -2.52. The lowest BCUT2D eigenvalue weighted by atomic mass is 9.95. The number of pyridine rings is 1. The van der Waals surface area contributed by atoms with Crippen LogP contribution in [0.4, 0.5) is 4.39 Å². The number of hydrogen-bond acceptors (Lipinski definition) is 5. The number of aromatic nitrogens is 1. The van der Waals surface area contributed by atoms with Crippen LogP contribution in [-0.2, 0) is 13.0 Å². The second-order valence-electron chi connectivity index (χ2n) is 7.09. The fourth-order valence-electron chi connectivity index (χ4n) is 3.79. The molecule has 7 nitrogen and oxygen atoms in total. The van der Waals surface area contributed by atoms with Crippen molar-refractivity contribution in [2.75, 3.05) is 19.6 Å². The van der Waals surface area contributed by atoms with Crippen molar-refractivity contribution >= 4 is 11.8 Å². The van der Waals surface area contributed by atoms with Gasteiger partial charge in [-0.15, -0.1) is 0 Å². The first-order valence-corrected chi connectivity index (χ1v) is 9.23. The molecule has 1 aromatic carbocycles. The van der Waals surface area contributed by atoms with E-state index < -0.39 is 17.5 Å². The SMILES string of the molecule is O=C(c1nc(O)c(O)c2c1CCN(Cc1ccc(F)cc1)C2=O)N1CCCC1. The Hall–Kier alpha value is -3.16. The number of rotatable bonds is 3. The first-order valence-electron chi connectivity index (χ1n) is 9.23. The number of carbonyl (C=O) groups is 2. The molecule has 2 amide bonds. The van der Waals surface area contributed by atoms with Crippen LogP contribution in [0.3, 0.4) is 0 Å². The van der Waals surface area contributed by atoms with Crippen molar-refractivity contribution in [1.82, 2.24) is 14.8 Å². The number of amides is 2. The molecule has 0 unspecified atom stereocenters. The molecule has 0 spiro atoms. The molecule has 146 valence electrons. The van der Waals surface area contributed by atoms with Crippen LogP contribution in [0.15, 0.2) is 24.3 Å². The van der Waals surface area contributed by atoms with Gasteiger partial charge in [0.05, 0.1) is 5.56 Å². The Morgan fingerprint density at radius 2 is 1.79 bits per heavy atom. The normalized spacial score (nSPS) is 16.4. The van der Waals surface area contributed by atoms with Gasteiger partial charge in [-0.25, -0.2) is 9.37 Å². The Balaban J connectivity index is 1.67. The van der Waals surface area contributed by atoms with Crippen molar-refractivity contribution < 1.29 is 24.2 Å². The van der Waals surface area contributed by atoms with E-state index in [4.69, 9.17) is 0 Å². The van der Waals surface area contributed by atoms with Crippen molar-refractivity contribution in [2.24, 2.45) is 0 Å². The molecule has 2 aromatic rings. The molecule has 1 fully saturated rings. The van der Waals surface area contributed by atoms with Gasteiger partial charge in [-0.1, -0.05) is 12.1 Å². The van der Waals surface area contributed by atoms with Crippen LogP contribution in [-0.4, -0.2) is 56.4 Å². The number of nitrogens with zero attached hydrogens (tertiary/aromatic N) is 3. The predicted octanol–water partition coefficient (Wildman–Crippen LogP) is 2.07. The Morgan fingerprint density at radius 3 is 2.46 bits per heavy atom. The van der Waals surface area contributed by atoms with E-state index in [1.54, 1.807) is 17.0 Å². The van der Waals surface area contributed by atoms with Gasteiger partial charge >= 0.3 is 0 Å². The van der Waals surface area contributed by atoms with Crippen LogP contribution in [0.1, 0.15) is 44.8 Å². The lowest BCUT2D eigenvalue weighted by molar-refractivity contribution is 0.0719. The minimum Gasteiger partial charge on any atom is -0.503 e. The van der Waals surface area contributed by atoms with E-state index >= 15 is 0 Å². The summed E-state index contributed by atoms with van der Waals surface area (Å²) in [4.78, 5) is 32.8. The first kappa shape index (κ1) is 18.2. The molecule has 0 radical (unpaired) electrons. The molecule has 8 heteroatoms. The summed E-state index contributed by atoms with van der Waals surface area (Å²) >= 11 is 0. The highest BCUT2D eigenvalue weighted by atomic mass is 19.1. The fraction of sp³-hybridized carbons (Fsp3) is 0.350. The highest BCUT2D eigenvalue weighted by molar-refractivity contribution is 6.04. The number of benzene rings is 1. The Bertz CT molecular complexity index is 939. The summed E-state index contributed by atoms with van der Waals surface area (Å²) in [5.41, 5.74) is 1.06. The summed E-state index contributed by atoms with van der Waals surface area (Å²) in [6.45, 7) is 1.79. The smallest absolute Gasteiger partial charge is 0.272 e. The summed E-state index contributed by atoms with van der Waals surface area (Å²) in [5, 5.41) is 20.3. The maximum Gasteiger partial charge on any atom is 0.272 e. The highest BCUT2D eigenvalue weighted by Crippen LogP contribution is 2.36. The molecule has 2 aliphatic rings. The summed E-state index contributed by atoms with van der Waals surface area (Å²) < 4.78 is 13.1. The molecule has 3 heterocycles. The van der Waals surface area contributed by atoms with Crippen molar-refractivity contribution in [3.05, 3.63) is 52.5 Å². The number of halogens is 1. The zero-order valence-corrected chi connectivity index (χ0v) is 15.2. The number of carbonyl (C=O) groups excluding carboxylic acids is 2. The number of hydrogen-bond donors (Lipinski definition) is 2. The molecule has 1 saturated heterocycles. The molecule has 2 N–H and O–H groups in total. The van der Waals surface area contributed by atoms with Crippen LogP contribution in [0.25, 0.3) is 0 Å². The van der Waals surface area contributed by atoms with Gasteiger partial charge in [0, 0.05) is 31.7 Å². The zero-order valence-electron chi connectivity index (χ0n) is 15.2. The lowest BCUT2D eigenvalue weighted by Gasteiger charge is -2.30. The number of aromatic hydroxyl groups is 2. The second kappa shape index (κ2) is 7.10. The predicted molar refractivity (Wildman–Crippen MR) is 97.5 cm³/mol. The number of likely N-dealkylation sites (tertiary alicyclic amines) is 1. The minimum absolute atomic E-state index is 0.0296. The van der Waals surface area contributed by atoms with E-state index in [0.717, 1.165) is 18.4 Å². The van der Waals surface area contributed by atoms with Crippen LogP contribution in [0, 0.1) is 5.82 Å². The quantitative estimate of drug-likeness (QED) is 0.844. The van der Waals surface area contributed by atoms with Gasteiger partial charge in [0.15, 0.2) is 5.75 Å². The molecule has 4 rings (SSSR count). The summed E-state index contributed by atoms with van der Waals surface area (Å²) in [6, 6.07) is 5.81. The summed E-state index contributed by atoms with van der Waals surface area (Å²) in [7, 11) is 0. The van der Waals surface area contributed by atoms with Crippen LogP contribution in [0.2, 0.25) is 0 Å². The molecule has 0 atom stereocenters. The standard InChI is InChI=1S/C20H20FN3O4/c21-13-5-3-12(4-6-13)11-24-10-7-14-15(19(24)27)17(25)18(26)22-16(14)20(28)23-8-1-2-9-23/h3-6,25H,1-2,7-11H2,(H,22,26). The van der Waals surface area contributed by atoms with E-state index in [9.17, 15) is 24.2 Å². The van der Waals surface area contributed by atoms with Crippen molar-refractivity contribution in [3.8, 4) is 11.6 Å². The average Bonchev–Trinajstić information content (AvgIpc) is 3.22. The molecular formula is C20H20FN3O4. The van der Waals surface area contributed by atoms with Crippen molar-refractivity contribution in [2.45, 2.75) is 25.8 Å². The zero-order chi connectivity index (χ0) is 19.8. The maximum absolute atomic E-state index is 13.1. The van der Waals surface area contributed by atoms with E-state index in [2.05, 4.69) is 4.98 Å². The third kappa shape index (κ3) is 3.15. The van der Waals surface area contributed by atoms with Gasteiger partial charge in [-0.05, 0) is 37.0 Å². The minimum atomic E-state index is -0.724. The van der Waals surface area contributed by atoms with Gasteiger partial charge in [-0.3, -0.25) is 9.59 Å². The fourth-order valence-corrected chi connectivity index (χ4v) is 3.79. The van der Waals surface area contributed by atoms with Crippen molar-refractivity contribution in [1.29, 1.82) is 0 Å². The van der Waals surface area contributed by atoms with Gasteiger partial charge < -0.3 is 20.0 Å². The second-order valence-corrected chi connectivity index (χ2v) is 7.09. The van der Waals surface area contributed by atoms with E-state index in [1.807, 2.05) is 0 Å². The van der Waals surface area contributed by atoms with E-state index in [0.29, 0.717) is 31.6 Å². The Morgan fingerprint density at radius 1 is 1.11 bits per heavy atom. The largest absolute Gasteiger partial charge is 0.503 e. The third-order valence-electron chi connectivity index (χ3n) is 5.27. The topological polar surface area (TPSA) is 94.0 Å². The van der Waals surface area contributed by atoms with E-state index in [1.165, 1.54) is 17.0 Å².